The number of likely N-dealkylation sites (tertiary alicyclic amines) is 1. The fourth-order valence-corrected chi connectivity index (χ4v) is 2.42. The third-order valence-corrected chi connectivity index (χ3v) is 3.47. The summed E-state index contributed by atoms with van der Waals surface area (Å²) in [4.78, 5) is 13.4. The normalized spacial score (nSPS) is 22.2. The summed E-state index contributed by atoms with van der Waals surface area (Å²) in [7, 11) is 0. The number of halogens is 1. The summed E-state index contributed by atoms with van der Waals surface area (Å²) in [6, 6.07) is 9.10. The minimum Gasteiger partial charge on any atom is -0.492 e. The van der Waals surface area contributed by atoms with Crippen molar-refractivity contribution in [2.24, 2.45) is 0 Å². The number of carbonyl (C=O) groups is 1. The summed E-state index contributed by atoms with van der Waals surface area (Å²) in [5, 5.41) is 11.9. The molecule has 1 aliphatic rings. The van der Waals surface area contributed by atoms with Gasteiger partial charge in [0.2, 0.25) is 5.91 Å². The Kier molecular flexibility index (Phi) is 5.95. The average Bonchev–Trinajstić information content (AvgIpc) is 2.84. The molecule has 1 aromatic rings. The highest BCUT2D eigenvalue weighted by molar-refractivity contribution is 5.78. The molecule has 1 fully saturated rings. The molecular weight excluding hydrogens is 275 g/mol. The van der Waals surface area contributed by atoms with Gasteiger partial charge in [0.05, 0.1) is 19.7 Å². The Morgan fingerprint density at radius 3 is 2.90 bits per heavy atom. The van der Waals surface area contributed by atoms with Crippen molar-refractivity contribution in [2.75, 3.05) is 32.8 Å². The Hall–Kier alpha value is -1.66. The molecular formula is C15H21FN2O3. The number of hydrogen-bond donors (Lipinski definition) is 2. The van der Waals surface area contributed by atoms with Gasteiger partial charge in [-0.15, -0.1) is 0 Å². The van der Waals surface area contributed by atoms with E-state index >= 15 is 0 Å². The summed E-state index contributed by atoms with van der Waals surface area (Å²) in [5.74, 6) is 0.575. The van der Waals surface area contributed by atoms with Crippen LogP contribution < -0.4 is 10.1 Å². The molecule has 0 aliphatic carbocycles. The van der Waals surface area contributed by atoms with Gasteiger partial charge in [-0.25, -0.2) is 4.39 Å². The van der Waals surface area contributed by atoms with Crippen LogP contribution in [0.25, 0.3) is 0 Å². The first-order chi connectivity index (χ1) is 10.2. The van der Waals surface area contributed by atoms with Gasteiger partial charge in [0.15, 0.2) is 0 Å². The second-order valence-corrected chi connectivity index (χ2v) is 5.11. The number of aliphatic hydroxyl groups is 1. The van der Waals surface area contributed by atoms with Gasteiger partial charge in [-0.05, 0) is 18.6 Å². The maximum atomic E-state index is 13.3. The molecule has 0 unspecified atom stereocenters. The average molecular weight is 296 g/mol. The molecule has 0 saturated carbocycles. The topological polar surface area (TPSA) is 61.8 Å². The maximum absolute atomic E-state index is 13.3. The van der Waals surface area contributed by atoms with E-state index in [0.29, 0.717) is 19.6 Å². The number of nitrogens with zero attached hydrogens (tertiary/aromatic N) is 1. The van der Waals surface area contributed by atoms with Crippen LogP contribution in [-0.4, -0.2) is 61.0 Å². The first-order valence-corrected chi connectivity index (χ1v) is 7.12. The van der Waals surface area contributed by atoms with E-state index in [9.17, 15) is 9.18 Å². The maximum Gasteiger partial charge on any atom is 0.234 e. The molecule has 0 bridgehead atoms. The number of benzene rings is 1. The van der Waals surface area contributed by atoms with Gasteiger partial charge in [0.1, 0.15) is 18.5 Å². The molecule has 116 valence electrons. The zero-order valence-electron chi connectivity index (χ0n) is 11.9. The predicted octanol–water partition coefficient (Wildman–Crippen LogP) is 0.586. The van der Waals surface area contributed by atoms with Crippen molar-refractivity contribution in [1.29, 1.82) is 0 Å². The molecule has 0 aromatic heterocycles. The van der Waals surface area contributed by atoms with E-state index in [4.69, 9.17) is 9.84 Å². The van der Waals surface area contributed by atoms with Crippen molar-refractivity contribution < 1.29 is 19.0 Å². The van der Waals surface area contributed by atoms with E-state index in [1.165, 1.54) is 0 Å². The first kappa shape index (κ1) is 15.7. The summed E-state index contributed by atoms with van der Waals surface area (Å²) in [5.41, 5.74) is 0. The molecule has 2 rings (SSSR count). The van der Waals surface area contributed by atoms with E-state index in [0.717, 1.165) is 5.75 Å². The fraction of sp³-hybridized carbons (Fsp3) is 0.533. The molecule has 1 saturated heterocycles. The Balaban J connectivity index is 1.63. The van der Waals surface area contributed by atoms with Gasteiger partial charge in [-0.1, -0.05) is 18.2 Å². The number of hydrogen-bond acceptors (Lipinski definition) is 4. The third kappa shape index (κ3) is 4.99. The summed E-state index contributed by atoms with van der Waals surface area (Å²) in [6.07, 6.45) is -0.669. The highest BCUT2D eigenvalue weighted by Gasteiger charge is 2.32. The van der Waals surface area contributed by atoms with Crippen molar-refractivity contribution in [3.05, 3.63) is 30.3 Å². The third-order valence-electron chi connectivity index (χ3n) is 3.47. The van der Waals surface area contributed by atoms with Crippen LogP contribution in [0.15, 0.2) is 30.3 Å². The lowest BCUT2D eigenvalue weighted by Gasteiger charge is -2.21. The van der Waals surface area contributed by atoms with Crippen molar-refractivity contribution in [3.8, 4) is 5.75 Å². The second-order valence-electron chi connectivity index (χ2n) is 5.11. The van der Waals surface area contributed by atoms with Crippen molar-refractivity contribution in [2.45, 2.75) is 18.6 Å². The first-order valence-electron chi connectivity index (χ1n) is 7.12. The van der Waals surface area contributed by atoms with Crippen molar-refractivity contribution in [1.82, 2.24) is 10.2 Å². The molecule has 5 nitrogen and oxygen atoms in total. The van der Waals surface area contributed by atoms with Gasteiger partial charge in [-0.3, -0.25) is 9.69 Å². The van der Waals surface area contributed by atoms with Gasteiger partial charge in [0, 0.05) is 12.6 Å². The quantitative estimate of drug-likeness (QED) is 0.723. The largest absolute Gasteiger partial charge is 0.492 e. The van der Waals surface area contributed by atoms with Crippen molar-refractivity contribution in [3.63, 3.8) is 0 Å². The molecule has 0 spiro atoms. The van der Waals surface area contributed by atoms with Crippen molar-refractivity contribution >= 4 is 5.91 Å². The molecule has 1 aromatic carbocycles. The van der Waals surface area contributed by atoms with Crippen LogP contribution >= 0.6 is 0 Å². The Labute approximate surface area is 123 Å². The van der Waals surface area contributed by atoms with Gasteiger partial charge >= 0.3 is 0 Å². The zero-order valence-corrected chi connectivity index (χ0v) is 11.9. The highest BCUT2D eigenvalue weighted by Crippen LogP contribution is 2.19. The van der Waals surface area contributed by atoms with Crippen LogP contribution in [-0.2, 0) is 4.79 Å². The van der Waals surface area contributed by atoms with Crippen LogP contribution in [0, 0.1) is 0 Å². The van der Waals surface area contributed by atoms with Crippen LogP contribution in [0.2, 0.25) is 0 Å². The smallest absolute Gasteiger partial charge is 0.234 e. The number of carbonyl (C=O) groups excluding carboxylic acids is 1. The van der Waals surface area contributed by atoms with E-state index in [1.807, 2.05) is 30.3 Å². The summed E-state index contributed by atoms with van der Waals surface area (Å²) < 4.78 is 18.7. The monoisotopic (exact) mass is 296 g/mol. The number of alkyl halides is 1. The molecule has 0 radical (unpaired) electrons. The molecule has 1 amide bonds. The molecule has 6 heteroatoms. The second kappa shape index (κ2) is 7.95. The Morgan fingerprint density at radius 2 is 2.19 bits per heavy atom. The minimum absolute atomic E-state index is 0.108. The van der Waals surface area contributed by atoms with Crippen LogP contribution in [0.4, 0.5) is 4.39 Å². The van der Waals surface area contributed by atoms with E-state index in [2.05, 4.69) is 5.32 Å². The fourth-order valence-electron chi connectivity index (χ4n) is 2.42. The molecule has 1 aliphatic heterocycles. The minimum atomic E-state index is -0.962. The Bertz CT molecular complexity index is 444. The highest BCUT2D eigenvalue weighted by atomic mass is 19.1. The van der Waals surface area contributed by atoms with E-state index < -0.39 is 6.17 Å². The van der Waals surface area contributed by atoms with E-state index in [1.54, 1.807) is 4.90 Å². The molecule has 21 heavy (non-hydrogen) atoms. The predicted molar refractivity (Wildman–Crippen MR) is 76.9 cm³/mol. The number of nitrogens with one attached hydrogen (secondary N) is 1. The lowest BCUT2D eigenvalue weighted by molar-refractivity contribution is -0.122. The Morgan fingerprint density at radius 1 is 1.43 bits per heavy atom. The van der Waals surface area contributed by atoms with Gasteiger partial charge in [0.25, 0.3) is 0 Å². The number of rotatable bonds is 7. The standard InChI is InChI=1S/C15H21FN2O3/c16-12-8-13(11-19)18(9-12)10-15(20)17-6-7-21-14-4-2-1-3-5-14/h1-5,12-13,19H,6-11H2,(H,17,20)/t12-,13-/m0/s1. The van der Waals surface area contributed by atoms with Crippen LogP contribution in [0.3, 0.4) is 0 Å². The number of ether oxygens (including phenoxy) is 1. The lowest BCUT2D eigenvalue weighted by Crippen LogP contribution is -2.42. The summed E-state index contributed by atoms with van der Waals surface area (Å²) in [6.45, 7) is 0.969. The molecule has 2 atom stereocenters. The summed E-state index contributed by atoms with van der Waals surface area (Å²) >= 11 is 0. The van der Waals surface area contributed by atoms with E-state index in [-0.39, 0.29) is 31.6 Å². The number of para-hydroxylation sites is 1. The van der Waals surface area contributed by atoms with Crippen LogP contribution in [0.1, 0.15) is 6.42 Å². The number of amides is 1. The number of aliphatic hydroxyl groups excluding tert-OH is 1. The van der Waals surface area contributed by atoms with Gasteiger partial charge < -0.3 is 15.2 Å². The zero-order chi connectivity index (χ0) is 15.1. The molecule has 2 N–H and O–H groups in total. The molecule has 1 heterocycles. The SMILES string of the molecule is O=C(CN1C[C@@H](F)C[C@H]1CO)NCCOc1ccccc1. The van der Waals surface area contributed by atoms with Gasteiger partial charge in [-0.2, -0.15) is 0 Å². The van der Waals surface area contributed by atoms with Crippen LogP contribution in [0.5, 0.6) is 5.75 Å². The lowest BCUT2D eigenvalue weighted by atomic mass is 10.2.